The minimum Gasteiger partial charge on any atom is -0.478 e. The molecule has 0 fully saturated rings. The minimum atomic E-state index is -0.928. The number of hydrogen-bond acceptors (Lipinski definition) is 2. The fraction of sp³-hybridized carbons (Fsp3) is 0.176. The molecule has 1 aromatic heterocycles. The largest absolute Gasteiger partial charge is 0.478 e. The predicted octanol–water partition coefficient (Wildman–Crippen LogP) is 3.47. The van der Waals surface area contributed by atoms with Crippen molar-refractivity contribution < 1.29 is 9.90 Å². The van der Waals surface area contributed by atoms with Gasteiger partial charge in [-0.05, 0) is 43.2 Å². The van der Waals surface area contributed by atoms with E-state index >= 15 is 0 Å². The Morgan fingerprint density at radius 1 is 1.19 bits per heavy atom. The van der Waals surface area contributed by atoms with Gasteiger partial charge in [-0.25, -0.2) is 9.78 Å². The summed E-state index contributed by atoms with van der Waals surface area (Å²) in [6.07, 6.45) is 0.713. The highest BCUT2D eigenvalue weighted by Crippen LogP contribution is 2.18. The molecule has 3 aromatic rings. The van der Waals surface area contributed by atoms with Crippen LogP contribution in [0.3, 0.4) is 0 Å². The maximum Gasteiger partial charge on any atom is 0.335 e. The van der Waals surface area contributed by atoms with E-state index in [1.807, 2.05) is 0 Å². The van der Waals surface area contributed by atoms with Crippen LogP contribution in [-0.2, 0) is 6.42 Å². The molecule has 0 radical (unpaired) electrons. The van der Waals surface area contributed by atoms with Gasteiger partial charge in [0.05, 0.1) is 16.6 Å². The number of imidazole rings is 1. The molecule has 0 aliphatic carbocycles. The monoisotopic (exact) mass is 280 g/mol. The van der Waals surface area contributed by atoms with Gasteiger partial charge >= 0.3 is 5.97 Å². The number of benzene rings is 2. The third-order valence-electron chi connectivity index (χ3n) is 3.64. The fourth-order valence-electron chi connectivity index (χ4n) is 2.45. The molecule has 3 rings (SSSR count). The topological polar surface area (TPSA) is 66.0 Å². The highest BCUT2D eigenvalue weighted by Gasteiger charge is 2.09. The van der Waals surface area contributed by atoms with Gasteiger partial charge in [-0.3, -0.25) is 0 Å². The lowest BCUT2D eigenvalue weighted by atomic mass is 10.0. The van der Waals surface area contributed by atoms with Crippen LogP contribution in [0.1, 0.15) is 32.9 Å². The molecule has 2 N–H and O–H groups in total. The van der Waals surface area contributed by atoms with Crippen LogP contribution in [0, 0.1) is 13.8 Å². The molecule has 0 bridgehead atoms. The lowest BCUT2D eigenvalue weighted by Gasteiger charge is -2.04. The summed E-state index contributed by atoms with van der Waals surface area (Å²) in [6.45, 7) is 4.15. The number of hydrogen-bond donors (Lipinski definition) is 2. The number of aromatic carboxylic acids is 1. The van der Waals surface area contributed by atoms with Gasteiger partial charge in [-0.2, -0.15) is 0 Å². The number of carbonyl (C=O) groups is 1. The molecule has 4 heteroatoms. The Hall–Kier alpha value is -2.62. The van der Waals surface area contributed by atoms with Crippen molar-refractivity contribution in [3.05, 3.63) is 64.5 Å². The Morgan fingerprint density at radius 3 is 2.76 bits per heavy atom. The number of aromatic nitrogens is 2. The average molecular weight is 280 g/mol. The van der Waals surface area contributed by atoms with Gasteiger partial charge in [-0.15, -0.1) is 0 Å². The van der Waals surface area contributed by atoms with Gasteiger partial charge in [0.2, 0.25) is 0 Å². The molecule has 4 nitrogen and oxygen atoms in total. The maximum absolute atomic E-state index is 11.0. The van der Waals surface area contributed by atoms with Crippen molar-refractivity contribution in [3.8, 4) is 0 Å². The molecule has 0 aliphatic rings. The molecular weight excluding hydrogens is 264 g/mol. The van der Waals surface area contributed by atoms with Crippen LogP contribution in [-0.4, -0.2) is 21.0 Å². The number of aryl methyl sites for hydroxylation is 2. The first-order chi connectivity index (χ1) is 10.0. The van der Waals surface area contributed by atoms with Gasteiger partial charge in [0.1, 0.15) is 5.82 Å². The van der Waals surface area contributed by atoms with E-state index in [4.69, 9.17) is 5.11 Å². The van der Waals surface area contributed by atoms with Crippen molar-refractivity contribution >= 4 is 17.0 Å². The average Bonchev–Trinajstić information content (AvgIpc) is 2.84. The molecule has 0 unspecified atom stereocenters. The van der Waals surface area contributed by atoms with Gasteiger partial charge in [0.15, 0.2) is 0 Å². The number of fused-ring (bicyclic) bond motifs is 1. The van der Waals surface area contributed by atoms with E-state index < -0.39 is 5.97 Å². The Balaban J connectivity index is 1.97. The quantitative estimate of drug-likeness (QED) is 0.772. The molecular formula is C17H16N2O2. The van der Waals surface area contributed by atoms with E-state index in [2.05, 4.69) is 42.0 Å². The molecule has 21 heavy (non-hydrogen) atoms. The molecule has 106 valence electrons. The van der Waals surface area contributed by atoms with Gasteiger partial charge in [0, 0.05) is 6.42 Å². The van der Waals surface area contributed by atoms with Crippen LogP contribution < -0.4 is 0 Å². The third-order valence-corrected chi connectivity index (χ3v) is 3.64. The highest BCUT2D eigenvalue weighted by atomic mass is 16.4. The zero-order chi connectivity index (χ0) is 15.0. The van der Waals surface area contributed by atoms with E-state index in [-0.39, 0.29) is 5.56 Å². The van der Waals surface area contributed by atoms with Crippen LogP contribution in [0.25, 0.3) is 11.0 Å². The van der Waals surface area contributed by atoms with E-state index in [1.54, 1.807) is 18.2 Å². The number of rotatable bonds is 3. The van der Waals surface area contributed by atoms with Gasteiger partial charge in [-0.1, -0.05) is 23.8 Å². The first kappa shape index (κ1) is 13.4. The fourth-order valence-corrected chi connectivity index (χ4v) is 2.45. The van der Waals surface area contributed by atoms with E-state index in [1.165, 1.54) is 16.7 Å². The minimum absolute atomic E-state index is 0.268. The second-order valence-electron chi connectivity index (χ2n) is 5.33. The summed E-state index contributed by atoms with van der Waals surface area (Å²) in [6, 6.07) is 11.3. The smallest absolute Gasteiger partial charge is 0.335 e. The Bertz CT molecular complexity index is 834. The normalized spacial score (nSPS) is 11.0. The molecule has 0 aliphatic heterocycles. The summed E-state index contributed by atoms with van der Waals surface area (Å²) in [5, 5.41) is 9.02. The number of nitrogens with zero attached hydrogens (tertiary/aromatic N) is 1. The first-order valence-corrected chi connectivity index (χ1v) is 6.81. The summed E-state index contributed by atoms with van der Waals surface area (Å²) in [5.41, 5.74) is 5.50. The van der Waals surface area contributed by atoms with Crippen LogP contribution in [0.15, 0.2) is 36.4 Å². The van der Waals surface area contributed by atoms with E-state index in [0.29, 0.717) is 6.42 Å². The summed E-state index contributed by atoms with van der Waals surface area (Å²) < 4.78 is 0. The zero-order valence-corrected chi connectivity index (χ0v) is 12.0. The number of nitrogens with one attached hydrogen (secondary N) is 1. The number of carboxylic acid groups (broad SMARTS) is 1. The molecule has 0 saturated carbocycles. The summed E-state index contributed by atoms with van der Waals surface area (Å²) >= 11 is 0. The van der Waals surface area contributed by atoms with E-state index in [9.17, 15) is 4.79 Å². The highest BCUT2D eigenvalue weighted by molar-refractivity contribution is 5.92. The van der Waals surface area contributed by atoms with Crippen molar-refractivity contribution in [1.29, 1.82) is 0 Å². The van der Waals surface area contributed by atoms with Crippen LogP contribution in [0.2, 0.25) is 0 Å². The van der Waals surface area contributed by atoms with Crippen molar-refractivity contribution in [2.75, 3.05) is 0 Å². The molecule has 0 spiro atoms. The lowest BCUT2D eigenvalue weighted by molar-refractivity contribution is 0.0697. The summed E-state index contributed by atoms with van der Waals surface area (Å²) in [5.74, 6) is -0.0798. The first-order valence-electron chi connectivity index (χ1n) is 6.81. The molecule has 0 saturated heterocycles. The summed E-state index contributed by atoms with van der Waals surface area (Å²) in [4.78, 5) is 18.7. The maximum atomic E-state index is 11.0. The third kappa shape index (κ3) is 2.65. The number of carboxylic acids is 1. The number of aromatic amines is 1. The summed E-state index contributed by atoms with van der Waals surface area (Å²) in [7, 11) is 0. The Kier molecular flexibility index (Phi) is 3.22. The second-order valence-corrected chi connectivity index (χ2v) is 5.33. The molecule has 2 aromatic carbocycles. The molecule has 0 amide bonds. The van der Waals surface area contributed by atoms with Crippen molar-refractivity contribution in [1.82, 2.24) is 9.97 Å². The van der Waals surface area contributed by atoms with Crippen molar-refractivity contribution in [2.45, 2.75) is 20.3 Å². The zero-order valence-electron chi connectivity index (χ0n) is 12.0. The van der Waals surface area contributed by atoms with Gasteiger partial charge < -0.3 is 10.1 Å². The predicted molar refractivity (Wildman–Crippen MR) is 81.8 cm³/mol. The standard InChI is InChI=1S/C17H16N2O2/c1-10-3-4-11(2)13(7-10)9-16-18-14-6-5-12(17(20)21)8-15(14)19-16/h3-8H,9H2,1-2H3,(H,18,19)(H,20,21). The van der Waals surface area contributed by atoms with E-state index in [0.717, 1.165) is 16.9 Å². The van der Waals surface area contributed by atoms with Crippen LogP contribution in [0.4, 0.5) is 0 Å². The van der Waals surface area contributed by atoms with Gasteiger partial charge in [0.25, 0.3) is 0 Å². The molecule has 0 atom stereocenters. The van der Waals surface area contributed by atoms with Crippen LogP contribution in [0.5, 0.6) is 0 Å². The molecule has 1 heterocycles. The van der Waals surface area contributed by atoms with Crippen molar-refractivity contribution in [3.63, 3.8) is 0 Å². The lowest BCUT2D eigenvalue weighted by Crippen LogP contribution is -1.95. The second kappa shape index (κ2) is 5.05. The number of H-pyrrole nitrogens is 1. The van der Waals surface area contributed by atoms with Crippen molar-refractivity contribution in [2.24, 2.45) is 0 Å². The Labute approximate surface area is 122 Å². The Morgan fingerprint density at radius 2 is 2.00 bits per heavy atom. The SMILES string of the molecule is Cc1ccc(C)c(Cc2nc3ccc(C(=O)O)cc3[nH]2)c1. The van der Waals surface area contributed by atoms with Crippen LogP contribution >= 0.6 is 0 Å².